The maximum Gasteiger partial charge on any atom is 0.345 e. The molecular formula is C20H24N4O4. The Balaban J connectivity index is 1.29. The van der Waals surface area contributed by atoms with Crippen LogP contribution in [0.25, 0.3) is 0 Å². The van der Waals surface area contributed by atoms with Gasteiger partial charge < -0.3 is 14.4 Å². The topological polar surface area (TPSA) is 78.6 Å². The molecule has 1 aromatic carbocycles. The van der Waals surface area contributed by atoms with E-state index in [0.717, 1.165) is 25.2 Å². The Labute approximate surface area is 162 Å². The Morgan fingerprint density at radius 3 is 2.86 bits per heavy atom. The number of fused-ring (bicyclic) bond motifs is 2. The summed E-state index contributed by atoms with van der Waals surface area (Å²) >= 11 is 0. The lowest BCUT2D eigenvalue weighted by Gasteiger charge is -2.27. The van der Waals surface area contributed by atoms with Gasteiger partial charge in [-0.3, -0.25) is 9.36 Å². The molecule has 8 heteroatoms. The first-order valence-corrected chi connectivity index (χ1v) is 9.93. The maximum atomic E-state index is 13.0. The highest BCUT2D eigenvalue weighted by molar-refractivity contribution is 5.95. The van der Waals surface area contributed by atoms with Crippen LogP contribution in [0.15, 0.2) is 23.0 Å². The van der Waals surface area contributed by atoms with Gasteiger partial charge in [-0.1, -0.05) is 0 Å². The SMILES string of the molecule is CN(C(=O)c1ccc2c(c1)OCO2)C1CCc2nn(CC3CC3)c(=O)n2CC1. The summed E-state index contributed by atoms with van der Waals surface area (Å²) in [7, 11) is 1.83. The van der Waals surface area contributed by atoms with Crippen molar-refractivity contribution in [2.75, 3.05) is 13.8 Å². The Morgan fingerprint density at radius 2 is 2.04 bits per heavy atom. The van der Waals surface area contributed by atoms with Gasteiger partial charge in [-0.15, -0.1) is 0 Å². The average Bonchev–Trinajstić information content (AvgIpc) is 3.37. The lowest BCUT2D eigenvalue weighted by Crippen LogP contribution is -2.38. The molecule has 3 heterocycles. The zero-order valence-electron chi connectivity index (χ0n) is 16.0. The van der Waals surface area contributed by atoms with Gasteiger partial charge in [0.05, 0.1) is 0 Å². The average molecular weight is 384 g/mol. The fraction of sp³-hybridized carbons (Fsp3) is 0.550. The van der Waals surface area contributed by atoms with Crippen LogP contribution in [0.4, 0.5) is 0 Å². The third-order valence-electron chi connectivity index (χ3n) is 6.00. The molecule has 148 valence electrons. The van der Waals surface area contributed by atoms with Gasteiger partial charge in [0, 0.05) is 38.2 Å². The first-order chi connectivity index (χ1) is 13.6. The minimum Gasteiger partial charge on any atom is -0.454 e. The Bertz CT molecular complexity index is 975. The second kappa shape index (κ2) is 6.68. The van der Waals surface area contributed by atoms with E-state index in [4.69, 9.17) is 9.47 Å². The number of aryl methyl sites for hydroxylation is 1. The number of rotatable bonds is 4. The highest BCUT2D eigenvalue weighted by Crippen LogP contribution is 2.33. The first kappa shape index (κ1) is 17.3. The lowest BCUT2D eigenvalue weighted by molar-refractivity contribution is 0.0715. The van der Waals surface area contributed by atoms with E-state index in [1.165, 1.54) is 12.8 Å². The van der Waals surface area contributed by atoms with Gasteiger partial charge in [-0.25, -0.2) is 9.48 Å². The van der Waals surface area contributed by atoms with Crippen molar-refractivity contribution in [2.45, 2.75) is 51.2 Å². The van der Waals surface area contributed by atoms with Crippen molar-refractivity contribution in [3.8, 4) is 11.5 Å². The van der Waals surface area contributed by atoms with E-state index >= 15 is 0 Å². The molecule has 1 fully saturated rings. The number of aromatic nitrogens is 3. The third kappa shape index (κ3) is 3.06. The van der Waals surface area contributed by atoms with Crippen molar-refractivity contribution >= 4 is 5.91 Å². The quantitative estimate of drug-likeness (QED) is 0.801. The molecule has 0 N–H and O–H groups in total. The molecule has 28 heavy (non-hydrogen) atoms. The van der Waals surface area contributed by atoms with Crippen molar-refractivity contribution in [2.24, 2.45) is 5.92 Å². The number of ether oxygens (including phenoxy) is 2. The zero-order chi connectivity index (χ0) is 19.3. The fourth-order valence-corrected chi connectivity index (χ4v) is 4.06. The largest absolute Gasteiger partial charge is 0.454 e. The minimum absolute atomic E-state index is 0.00713. The third-order valence-corrected chi connectivity index (χ3v) is 6.00. The molecule has 0 bridgehead atoms. The van der Waals surface area contributed by atoms with E-state index in [9.17, 15) is 9.59 Å². The first-order valence-electron chi connectivity index (χ1n) is 9.93. The van der Waals surface area contributed by atoms with Crippen LogP contribution >= 0.6 is 0 Å². The van der Waals surface area contributed by atoms with Crippen molar-refractivity contribution in [3.05, 3.63) is 40.1 Å². The molecule has 5 rings (SSSR count). The Morgan fingerprint density at radius 1 is 1.21 bits per heavy atom. The molecule has 1 amide bonds. The number of nitrogens with zero attached hydrogens (tertiary/aromatic N) is 4. The molecule has 1 aromatic heterocycles. The summed E-state index contributed by atoms with van der Waals surface area (Å²) in [6.45, 7) is 1.53. The number of benzene rings is 1. The van der Waals surface area contributed by atoms with E-state index in [2.05, 4.69) is 5.10 Å². The van der Waals surface area contributed by atoms with E-state index in [0.29, 0.717) is 35.9 Å². The van der Waals surface area contributed by atoms with Gasteiger partial charge in [-0.05, 0) is 49.8 Å². The molecule has 3 aliphatic rings. The predicted molar refractivity (Wildman–Crippen MR) is 101 cm³/mol. The van der Waals surface area contributed by atoms with Crippen LogP contribution in [-0.2, 0) is 19.5 Å². The number of amides is 1. The molecule has 1 unspecified atom stereocenters. The smallest absolute Gasteiger partial charge is 0.345 e. The fourth-order valence-electron chi connectivity index (χ4n) is 4.06. The summed E-state index contributed by atoms with van der Waals surface area (Å²) in [5.74, 6) is 2.69. The van der Waals surface area contributed by atoms with Gasteiger partial charge in [0.25, 0.3) is 5.91 Å². The number of hydrogen-bond donors (Lipinski definition) is 0. The van der Waals surface area contributed by atoms with E-state index in [1.54, 1.807) is 32.3 Å². The van der Waals surface area contributed by atoms with E-state index in [-0.39, 0.29) is 24.4 Å². The molecule has 2 aromatic rings. The maximum absolute atomic E-state index is 13.0. The molecule has 0 saturated heterocycles. The predicted octanol–water partition coefficient (Wildman–Crippen LogP) is 1.66. The molecular weight excluding hydrogens is 360 g/mol. The molecule has 0 spiro atoms. The molecule has 2 aliphatic heterocycles. The summed E-state index contributed by atoms with van der Waals surface area (Å²) in [6, 6.07) is 5.34. The second-order valence-corrected chi connectivity index (χ2v) is 7.94. The van der Waals surface area contributed by atoms with Crippen molar-refractivity contribution < 1.29 is 14.3 Å². The summed E-state index contributed by atoms with van der Waals surface area (Å²) in [5.41, 5.74) is 0.577. The van der Waals surface area contributed by atoms with Crippen LogP contribution in [0.5, 0.6) is 11.5 Å². The number of carbonyl (C=O) groups is 1. The van der Waals surface area contributed by atoms with Crippen LogP contribution in [0.3, 0.4) is 0 Å². The molecule has 0 radical (unpaired) electrons. The highest BCUT2D eigenvalue weighted by atomic mass is 16.7. The molecule has 1 atom stereocenters. The lowest BCUT2D eigenvalue weighted by atomic mass is 10.1. The van der Waals surface area contributed by atoms with Crippen LogP contribution in [0.1, 0.15) is 41.9 Å². The summed E-state index contributed by atoms with van der Waals surface area (Å²) in [6.07, 6.45) is 4.64. The molecule has 1 aliphatic carbocycles. The van der Waals surface area contributed by atoms with E-state index < -0.39 is 0 Å². The summed E-state index contributed by atoms with van der Waals surface area (Å²) < 4.78 is 14.1. The van der Waals surface area contributed by atoms with Gasteiger partial charge in [0.15, 0.2) is 11.5 Å². The molecule has 8 nitrogen and oxygen atoms in total. The molecule has 1 saturated carbocycles. The van der Waals surface area contributed by atoms with Crippen molar-refractivity contribution in [3.63, 3.8) is 0 Å². The van der Waals surface area contributed by atoms with Gasteiger partial charge in [-0.2, -0.15) is 5.10 Å². The van der Waals surface area contributed by atoms with Crippen LogP contribution in [0.2, 0.25) is 0 Å². The number of hydrogen-bond acceptors (Lipinski definition) is 5. The van der Waals surface area contributed by atoms with Gasteiger partial charge in [0.2, 0.25) is 6.79 Å². The van der Waals surface area contributed by atoms with E-state index in [1.807, 2.05) is 7.05 Å². The summed E-state index contributed by atoms with van der Waals surface area (Å²) in [5, 5.41) is 4.56. The monoisotopic (exact) mass is 384 g/mol. The highest BCUT2D eigenvalue weighted by Gasteiger charge is 2.29. The van der Waals surface area contributed by atoms with Crippen LogP contribution in [-0.4, -0.2) is 45.0 Å². The zero-order valence-corrected chi connectivity index (χ0v) is 16.0. The van der Waals surface area contributed by atoms with Crippen LogP contribution < -0.4 is 15.2 Å². The van der Waals surface area contributed by atoms with Crippen molar-refractivity contribution in [1.82, 2.24) is 19.2 Å². The standard InChI is InChI=1S/C20H24N4O4/c1-22(19(25)14-4-6-16-17(10-14)28-12-27-16)15-5-7-18-21-24(11-13-2-3-13)20(26)23(18)9-8-15/h4,6,10,13,15H,2-3,5,7-9,11-12H2,1H3. The minimum atomic E-state index is -0.0472. The van der Waals surface area contributed by atoms with Crippen LogP contribution in [0, 0.1) is 5.92 Å². The normalized spacial score (nSPS) is 20.5. The second-order valence-electron chi connectivity index (χ2n) is 7.94. The summed E-state index contributed by atoms with van der Waals surface area (Å²) in [4.78, 5) is 27.4. The van der Waals surface area contributed by atoms with Gasteiger partial charge >= 0.3 is 5.69 Å². The van der Waals surface area contributed by atoms with Gasteiger partial charge in [0.1, 0.15) is 5.82 Å². The Kier molecular flexibility index (Phi) is 4.14. The Hall–Kier alpha value is -2.77. The number of carbonyl (C=O) groups excluding carboxylic acids is 1. The van der Waals surface area contributed by atoms with Crippen molar-refractivity contribution in [1.29, 1.82) is 0 Å².